The number of carboxylic acid groups (broad SMARTS) is 2. The van der Waals surface area contributed by atoms with E-state index in [9.17, 15) is 19.5 Å². The molecule has 16 heteroatoms. The van der Waals surface area contributed by atoms with Crippen molar-refractivity contribution in [1.29, 1.82) is 0 Å². The molecule has 2 aromatic heterocycles. The van der Waals surface area contributed by atoms with Crippen LogP contribution in [0.2, 0.25) is 0 Å². The molecule has 2 aliphatic rings. The number of morpholine rings is 1. The molecule has 1 saturated heterocycles. The highest BCUT2D eigenvalue weighted by Crippen LogP contribution is 2.34. The predicted molar refractivity (Wildman–Crippen MR) is 168 cm³/mol. The Balaban J connectivity index is 0.000000393. The fraction of sp³-hybridized carbons (Fsp3) is 0.406. The fourth-order valence-corrected chi connectivity index (χ4v) is 5.80. The fourth-order valence-electron chi connectivity index (χ4n) is 5.80. The van der Waals surface area contributed by atoms with E-state index in [2.05, 4.69) is 20.1 Å². The van der Waals surface area contributed by atoms with Crippen molar-refractivity contribution in [2.45, 2.75) is 51.5 Å². The normalized spacial score (nSPS) is 17.7. The van der Waals surface area contributed by atoms with Gasteiger partial charge in [0.2, 0.25) is 5.91 Å². The second kappa shape index (κ2) is 14.5. The number of rotatable bonds is 8. The molecule has 0 aliphatic carbocycles. The lowest BCUT2D eigenvalue weighted by Gasteiger charge is -2.33. The zero-order valence-electron chi connectivity index (χ0n) is 26.3. The summed E-state index contributed by atoms with van der Waals surface area (Å²) in [6.45, 7) is 7.60. The van der Waals surface area contributed by atoms with Gasteiger partial charge < -0.3 is 40.2 Å². The number of phenols is 1. The number of aliphatic carboxylic acids is 2. The molecule has 0 radical (unpaired) electrons. The third kappa shape index (κ3) is 7.46. The molecule has 6 rings (SSSR count). The Kier molecular flexibility index (Phi) is 10.4. The van der Waals surface area contributed by atoms with E-state index >= 15 is 4.39 Å². The SMILES string of the molecule is CCc1cc(O)ccc1-c1cc(F)c2c(-c3nc4c([nH]3)CN(C(=O)CN3CCO[C@@H](C)C3)CC4)n[nH]c2c1.O=C(O)C(O)C(O)C(=O)O. The number of halogens is 1. The van der Waals surface area contributed by atoms with Crippen LogP contribution in [0.1, 0.15) is 30.8 Å². The first-order chi connectivity index (χ1) is 22.9. The number of aliphatic hydroxyl groups excluding tert-OH is 2. The van der Waals surface area contributed by atoms with Gasteiger partial charge in [-0.3, -0.25) is 14.8 Å². The van der Waals surface area contributed by atoms with Crippen molar-refractivity contribution in [3.63, 3.8) is 0 Å². The molecule has 2 aliphatic heterocycles. The number of H-pyrrole nitrogens is 2. The second-order valence-corrected chi connectivity index (χ2v) is 11.7. The van der Waals surface area contributed by atoms with Gasteiger partial charge >= 0.3 is 11.9 Å². The summed E-state index contributed by atoms with van der Waals surface area (Å²) in [5, 5.41) is 50.1. The van der Waals surface area contributed by atoms with Crippen molar-refractivity contribution >= 4 is 28.7 Å². The molecule has 1 amide bonds. The van der Waals surface area contributed by atoms with Gasteiger partial charge in [-0.1, -0.05) is 13.0 Å². The average Bonchev–Trinajstić information content (AvgIpc) is 3.68. The van der Waals surface area contributed by atoms with Gasteiger partial charge in [-0.2, -0.15) is 5.10 Å². The van der Waals surface area contributed by atoms with Crippen LogP contribution in [-0.2, 0) is 38.5 Å². The molecule has 0 bridgehead atoms. The number of phenolic OH excluding ortho intramolecular Hbond substituents is 1. The highest BCUT2D eigenvalue weighted by Gasteiger charge is 2.30. The van der Waals surface area contributed by atoms with E-state index in [1.165, 1.54) is 6.07 Å². The first-order valence-electron chi connectivity index (χ1n) is 15.4. The monoisotopic (exact) mass is 668 g/mol. The number of benzene rings is 2. The lowest BCUT2D eigenvalue weighted by molar-refractivity contribution is -0.165. The highest BCUT2D eigenvalue weighted by atomic mass is 19.1. The minimum Gasteiger partial charge on any atom is -0.508 e. The summed E-state index contributed by atoms with van der Waals surface area (Å²) in [7, 11) is 0. The number of imidazole rings is 1. The van der Waals surface area contributed by atoms with Crippen LogP contribution >= 0.6 is 0 Å². The number of amides is 1. The highest BCUT2D eigenvalue weighted by molar-refractivity contribution is 5.94. The Bertz CT molecular complexity index is 1810. The number of aromatic amines is 2. The van der Waals surface area contributed by atoms with Gasteiger partial charge in [0.1, 0.15) is 17.3 Å². The van der Waals surface area contributed by atoms with Crippen molar-refractivity contribution in [2.24, 2.45) is 0 Å². The van der Waals surface area contributed by atoms with Crippen LogP contribution in [0.15, 0.2) is 30.3 Å². The van der Waals surface area contributed by atoms with E-state index in [0.717, 1.165) is 35.6 Å². The number of ether oxygens (including phenoxy) is 1. The van der Waals surface area contributed by atoms with Gasteiger partial charge in [0.05, 0.1) is 48.1 Å². The van der Waals surface area contributed by atoms with Gasteiger partial charge in [0.25, 0.3) is 0 Å². The molecule has 48 heavy (non-hydrogen) atoms. The summed E-state index contributed by atoms with van der Waals surface area (Å²) in [4.78, 5) is 44.5. The first-order valence-corrected chi connectivity index (χ1v) is 15.4. The Morgan fingerprint density at radius 2 is 1.83 bits per heavy atom. The van der Waals surface area contributed by atoms with Crippen LogP contribution in [0.5, 0.6) is 5.75 Å². The summed E-state index contributed by atoms with van der Waals surface area (Å²) in [6.07, 6.45) is -3.06. The molecular formula is C32H37FN6O9. The molecule has 256 valence electrons. The second-order valence-electron chi connectivity index (χ2n) is 11.7. The number of aromatic nitrogens is 4. The van der Waals surface area contributed by atoms with Crippen LogP contribution < -0.4 is 0 Å². The summed E-state index contributed by atoms with van der Waals surface area (Å²) in [5.74, 6) is -3.17. The number of aliphatic hydroxyl groups is 2. The maximum Gasteiger partial charge on any atom is 0.335 e. The van der Waals surface area contributed by atoms with E-state index in [-0.39, 0.29) is 17.8 Å². The number of nitrogens with zero attached hydrogens (tertiary/aromatic N) is 4. The molecule has 15 nitrogen and oxygen atoms in total. The topological polar surface area (TPSA) is 225 Å². The van der Waals surface area contributed by atoms with Gasteiger partial charge in [0.15, 0.2) is 18.0 Å². The lowest BCUT2D eigenvalue weighted by atomic mass is 9.96. The molecule has 2 aromatic carbocycles. The molecule has 0 spiro atoms. The Morgan fingerprint density at radius 1 is 1.10 bits per heavy atom. The molecule has 4 aromatic rings. The van der Waals surface area contributed by atoms with Gasteiger partial charge in [-0.25, -0.2) is 19.0 Å². The maximum atomic E-state index is 15.5. The molecule has 3 atom stereocenters. The van der Waals surface area contributed by atoms with Crippen LogP contribution in [-0.4, -0.2) is 124 Å². The lowest BCUT2D eigenvalue weighted by Crippen LogP contribution is -2.48. The summed E-state index contributed by atoms with van der Waals surface area (Å²) < 4.78 is 21.1. The zero-order chi connectivity index (χ0) is 34.7. The molecule has 0 saturated carbocycles. The number of carbonyl (C=O) groups excluding carboxylic acids is 1. The predicted octanol–water partition coefficient (Wildman–Crippen LogP) is 1.51. The summed E-state index contributed by atoms with van der Waals surface area (Å²) in [5.41, 5.74) is 5.24. The van der Waals surface area contributed by atoms with Gasteiger partial charge in [0, 0.05) is 26.1 Å². The zero-order valence-corrected chi connectivity index (χ0v) is 26.3. The maximum absolute atomic E-state index is 15.5. The Hall–Kier alpha value is -4.90. The Morgan fingerprint density at radius 3 is 2.50 bits per heavy atom. The van der Waals surface area contributed by atoms with Crippen molar-refractivity contribution in [3.05, 3.63) is 53.1 Å². The van der Waals surface area contributed by atoms with Crippen LogP contribution in [0, 0.1) is 5.82 Å². The number of carboxylic acids is 2. The number of aryl methyl sites for hydroxylation is 1. The largest absolute Gasteiger partial charge is 0.508 e. The van der Waals surface area contributed by atoms with Crippen molar-refractivity contribution in [1.82, 2.24) is 30.0 Å². The van der Waals surface area contributed by atoms with E-state index < -0.39 is 30.0 Å². The van der Waals surface area contributed by atoms with Crippen molar-refractivity contribution in [2.75, 3.05) is 32.8 Å². The van der Waals surface area contributed by atoms with E-state index in [1.54, 1.807) is 18.2 Å². The van der Waals surface area contributed by atoms with Gasteiger partial charge in [-0.05, 0) is 54.3 Å². The van der Waals surface area contributed by atoms with Crippen LogP contribution in [0.25, 0.3) is 33.5 Å². The smallest absolute Gasteiger partial charge is 0.335 e. The standard InChI is InChI=1S/C28H31FN6O3.C4H6O6/c1-3-17-10-19(36)4-5-20(17)18-11-21(29)26-23(12-18)32-33-27(26)28-30-22-6-7-35(14-24(22)31-28)25(37)15-34-8-9-38-16(2)13-34;5-1(3(7)8)2(6)4(9)10/h4-5,10-12,16,36H,3,6-9,13-15H2,1-2H3,(H,30,31)(H,32,33);1-2,5-6H,(H,7,8)(H,9,10)/t16-;/m0./s1. The Labute approximate surface area is 273 Å². The minimum absolute atomic E-state index is 0.0883. The van der Waals surface area contributed by atoms with E-state index in [1.807, 2.05) is 24.8 Å². The number of aromatic hydroxyl groups is 1. The third-order valence-electron chi connectivity index (χ3n) is 8.29. The molecule has 4 heterocycles. The molecular weight excluding hydrogens is 631 g/mol. The minimum atomic E-state index is -2.27. The van der Waals surface area contributed by atoms with Crippen LogP contribution in [0.4, 0.5) is 4.39 Å². The van der Waals surface area contributed by atoms with Gasteiger partial charge in [-0.15, -0.1) is 0 Å². The summed E-state index contributed by atoms with van der Waals surface area (Å²) in [6, 6.07) is 8.49. The van der Waals surface area contributed by atoms with Crippen LogP contribution in [0.3, 0.4) is 0 Å². The van der Waals surface area contributed by atoms with Crippen molar-refractivity contribution in [3.8, 4) is 28.4 Å². The molecule has 2 unspecified atom stereocenters. The van der Waals surface area contributed by atoms with E-state index in [0.29, 0.717) is 67.1 Å². The number of fused-ring (bicyclic) bond motifs is 2. The quantitative estimate of drug-likeness (QED) is 0.142. The number of hydrogen-bond donors (Lipinski definition) is 7. The van der Waals surface area contributed by atoms with E-state index in [4.69, 9.17) is 30.1 Å². The number of hydrogen-bond acceptors (Lipinski definition) is 10. The molecule has 7 N–H and O–H groups in total. The average molecular weight is 669 g/mol. The first kappa shape index (κ1) is 34.4. The molecule has 1 fully saturated rings. The summed E-state index contributed by atoms with van der Waals surface area (Å²) >= 11 is 0. The third-order valence-corrected chi connectivity index (χ3v) is 8.29. The van der Waals surface area contributed by atoms with Crippen molar-refractivity contribution < 1.29 is 49.0 Å². The number of nitrogens with one attached hydrogen (secondary N) is 2. The number of carbonyl (C=O) groups is 3.